The van der Waals surface area contributed by atoms with Crippen LogP contribution in [0, 0.1) is 11.6 Å². The van der Waals surface area contributed by atoms with Crippen LogP contribution in [-0.2, 0) is 4.74 Å². The molecule has 2 aliphatic rings. The van der Waals surface area contributed by atoms with E-state index >= 15 is 0 Å². The topological polar surface area (TPSA) is 134 Å². The first-order valence-electron chi connectivity index (χ1n) is 13.1. The van der Waals surface area contributed by atoms with Crippen LogP contribution in [-0.4, -0.2) is 64.5 Å². The second kappa shape index (κ2) is 11.4. The van der Waals surface area contributed by atoms with Gasteiger partial charge in [0.2, 0.25) is 0 Å². The molecule has 6 rings (SSSR count). The SMILES string of the molecule is NC1CCN(c2ccc(C(=O)Nc3n[nH]c4ncc(Sc5cc(F)cc(F)c5)nc34)c(NC3CCOCC3)c2)C1. The Morgan fingerprint density at radius 1 is 1.12 bits per heavy atom. The molecule has 40 heavy (non-hydrogen) atoms. The molecule has 5 N–H and O–H groups in total. The highest BCUT2D eigenvalue weighted by atomic mass is 32.2. The number of amides is 1. The summed E-state index contributed by atoms with van der Waals surface area (Å²) in [4.78, 5) is 24.9. The highest BCUT2D eigenvalue weighted by molar-refractivity contribution is 7.99. The number of ether oxygens (including phenoxy) is 1. The summed E-state index contributed by atoms with van der Waals surface area (Å²) < 4.78 is 32.8. The van der Waals surface area contributed by atoms with Crippen LogP contribution in [0.3, 0.4) is 0 Å². The van der Waals surface area contributed by atoms with Crippen LogP contribution in [0.25, 0.3) is 11.2 Å². The third-order valence-electron chi connectivity index (χ3n) is 6.96. The zero-order chi connectivity index (χ0) is 27.6. The number of carbonyl (C=O) groups excluding carboxylic acids is 1. The summed E-state index contributed by atoms with van der Waals surface area (Å²) >= 11 is 1.05. The maximum Gasteiger partial charge on any atom is 0.259 e. The zero-order valence-electron chi connectivity index (χ0n) is 21.5. The Morgan fingerprint density at radius 3 is 2.67 bits per heavy atom. The lowest BCUT2D eigenvalue weighted by Gasteiger charge is -2.26. The number of H-pyrrole nitrogens is 1. The number of benzene rings is 2. The first kappa shape index (κ1) is 26.4. The van der Waals surface area contributed by atoms with Crippen LogP contribution in [0.2, 0.25) is 0 Å². The molecule has 2 aromatic carbocycles. The van der Waals surface area contributed by atoms with Gasteiger partial charge in [-0.2, -0.15) is 5.10 Å². The summed E-state index contributed by atoms with van der Waals surface area (Å²) in [6.07, 6.45) is 4.08. The molecular formula is C27H28F2N8O2S. The first-order chi connectivity index (χ1) is 19.4. The number of hydrogen-bond acceptors (Lipinski definition) is 9. The molecule has 0 radical (unpaired) electrons. The fourth-order valence-electron chi connectivity index (χ4n) is 4.93. The van der Waals surface area contributed by atoms with Crippen molar-refractivity contribution in [1.82, 2.24) is 20.2 Å². The van der Waals surface area contributed by atoms with Crippen molar-refractivity contribution >= 4 is 46.0 Å². The Bertz CT molecular complexity index is 1520. The molecule has 2 aliphatic heterocycles. The number of anilines is 3. The van der Waals surface area contributed by atoms with E-state index in [9.17, 15) is 13.6 Å². The Balaban J connectivity index is 1.26. The van der Waals surface area contributed by atoms with Gasteiger partial charge in [0.15, 0.2) is 17.0 Å². The minimum Gasteiger partial charge on any atom is -0.381 e. The van der Waals surface area contributed by atoms with Gasteiger partial charge in [-0.3, -0.25) is 9.89 Å². The van der Waals surface area contributed by atoms with Crippen LogP contribution in [0.15, 0.2) is 52.5 Å². The van der Waals surface area contributed by atoms with Gasteiger partial charge < -0.3 is 26.0 Å². The van der Waals surface area contributed by atoms with Crippen molar-refractivity contribution in [3.05, 3.63) is 59.8 Å². The molecule has 4 aromatic rings. The summed E-state index contributed by atoms with van der Waals surface area (Å²) in [5, 5.41) is 13.8. The minimum absolute atomic E-state index is 0.131. The van der Waals surface area contributed by atoms with Crippen molar-refractivity contribution in [3.63, 3.8) is 0 Å². The maximum absolute atomic E-state index is 13.6. The summed E-state index contributed by atoms with van der Waals surface area (Å²) in [5.74, 6) is -1.53. The van der Waals surface area contributed by atoms with Crippen LogP contribution >= 0.6 is 11.8 Å². The molecule has 1 amide bonds. The molecule has 1 atom stereocenters. The van der Waals surface area contributed by atoms with Crippen molar-refractivity contribution in [2.24, 2.45) is 5.73 Å². The molecule has 2 saturated heterocycles. The minimum atomic E-state index is -0.684. The largest absolute Gasteiger partial charge is 0.381 e. The molecule has 2 fully saturated rings. The molecule has 208 valence electrons. The van der Waals surface area contributed by atoms with Gasteiger partial charge >= 0.3 is 0 Å². The summed E-state index contributed by atoms with van der Waals surface area (Å²) in [5.41, 5.74) is 9.01. The summed E-state index contributed by atoms with van der Waals surface area (Å²) in [6, 6.07) is 9.27. The standard InChI is InChI=1S/C27H28F2N8O2S/c28-15-9-16(29)11-20(10-15)40-23-13-31-25-24(33-23)26(36-35-25)34-27(38)21-2-1-19(37-6-3-17(30)14-37)12-22(21)32-18-4-7-39-8-5-18/h1-2,9-13,17-18,32H,3-8,14,30H2,(H2,31,34,35,36,38). The predicted molar refractivity (Wildman–Crippen MR) is 149 cm³/mol. The van der Waals surface area contributed by atoms with E-state index in [0.717, 1.165) is 61.6 Å². The average molecular weight is 567 g/mol. The Labute approximate surface area is 233 Å². The lowest BCUT2D eigenvalue weighted by molar-refractivity contribution is 0.0904. The zero-order valence-corrected chi connectivity index (χ0v) is 22.3. The fraction of sp³-hybridized carbons (Fsp3) is 0.333. The Morgan fingerprint density at radius 2 is 1.93 bits per heavy atom. The molecule has 0 spiro atoms. The third kappa shape index (κ3) is 5.86. The summed E-state index contributed by atoms with van der Waals surface area (Å²) in [6.45, 7) is 2.97. The number of carbonyl (C=O) groups is 1. The number of hydrogen-bond donors (Lipinski definition) is 4. The lowest BCUT2D eigenvalue weighted by Crippen LogP contribution is -2.30. The molecular weight excluding hydrogens is 538 g/mol. The van der Waals surface area contributed by atoms with E-state index in [-0.39, 0.29) is 23.8 Å². The van der Waals surface area contributed by atoms with Gasteiger partial charge in [-0.1, -0.05) is 11.8 Å². The number of nitrogens with zero attached hydrogens (tertiary/aromatic N) is 4. The number of nitrogens with one attached hydrogen (secondary N) is 3. The van der Waals surface area contributed by atoms with Crippen LogP contribution in [0.4, 0.5) is 26.0 Å². The highest BCUT2D eigenvalue weighted by Crippen LogP contribution is 2.31. The van der Waals surface area contributed by atoms with E-state index in [1.54, 1.807) is 6.07 Å². The van der Waals surface area contributed by atoms with Crippen LogP contribution in [0.1, 0.15) is 29.6 Å². The number of aromatic nitrogens is 4. The van der Waals surface area contributed by atoms with E-state index in [1.807, 2.05) is 12.1 Å². The monoisotopic (exact) mass is 566 g/mol. The first-order valence-corrected chi connectivity index (χ1v) is 13.9. The van der Waals surface area contributed by atoms with Gasteiger partial charge in [0.25, 0.3) is 5.91 Å². The van der Waals surface area contributed by atoms with Gasteiger partial charge in [-0.15, -0.1) is 0 Å². The van der Waals surface area contributed by atoms with Crippen molar-refractivity contribution in [2.75, 3.05) is 41.8 Å². The van der Waals surface area contributed by atoms with Crippen molar-refractivity contribution in [1.29, 1.82) is 0 Å². The molecule has 0 aliphatic carbocycles. The number of nitrogens with two attached hydrogens (primary N) is 1. The van der Waals surface area contributed by atoms with E-state index in [0.29, 0.717) is 39.9 Å². The van der Waals surface area contributed by atoms with Crippen molar-refractivity contribution in [3.8, 4) is 0 Å². The van der Waals surface area contributed by atoms with E-state index < -0.39 is 11.6 Å². The molecule has 10 nitrogen and oxygen atoms in total. The number of halogens is 2. The second-order valence-corrected chi connectivity index (χ2v) is 11.0. The van der Waals surface area contributed by atoms with Gasteiger partial charge in [0, 0.05) is 60.7 Å². The Kier molecular flexibility index (Phi) is 7.50. The van der Waals surface area contributed by atoms with Crippen molar-refractivity contribution < 1.29 is 18.3 Å². The molecule has 0 saturated carbocycles. The normalized spacial score (nSPS) is 17.9. The smallest absolute Gasteiger partial charge is 0.259 e. The Hall–Kier alpha value is -3.81. The average Bonchev–Trinajstić information content (AvgIpc) is 3.54. The molecule has 4 heterocycles. The van der Waals surface area contributed by atoms with Crippen molar-refractivity contribution in [2.45, 2.75) is 41.3 Å². The third-order valence-corrected chi connectivity index (χ3v) is 7.83. The predicted octanol–water partition coefficient (Wildman–Crippen LogP) is 4.16. The summed E-state index contributed by atoms with van der Waals surface area (Å²) in [7, 11) is 0. The van der Waals surface area contributed by atoms with E-state index in [4.69, 9.17) is 10.5 Å². The second-order valence-electron chi connectivity index (χ2n) is 9.89. The molecule has 1 unspecified atom stereocenters. The highest BCUT2D eigenvalue weighted by Gasteiger charge is 2.24. The van der Waals surface area contributed by atoms with E-state index in [2.05, 4.69) is 35.7 Å². The van der Waals surface area contributed by atoms with Gasteiger partial charge in [-0.05, 0) is 49.6 Å². The number of rotatable bonds is 7. The van der Waals surface area contributed by atoms with Crippen LogP contribution < -0.4 is 21.3 Å². The quantitative estimate of drug-likeness (QED) is 0.260. The fourth-order valence-corrected chi connectivity index (χ4v) is 5.76. The lowest BCUT2D eigenvalue weighted by atomic mass is 10.1. The van der Waals surface area contributed by atoms with Crippen LogP contribution in [0.5, 0.6) is 0 Å². The van der Waals surface area contributed by atoms with Gasteiger partial charge in [0.05, 0.1) is 11.8 Å². The molecule has 2 aromatic heterocycles. The number of fused-ring (bicyclic) bond motifs is 1. The van der Waals surface area contributed by atoms with Gasteiger partial charge in [0.1, 0.15) is 16.7 Å². The molecule has 0 bridgehead atoms. The maximum atomic E-state index is 13.6. The molecule has 13 heteroatoms. The van der Waals surface area contributed by atoms with E-state index in [1.165, 1.54) is 18.3 Å². The van der Waals surface area contributed by atoms with Gasteiger partial charge in [-0.25, -0.2) is 18.7 Å². The number of aromatic amines is 1.